The van der Waals surface area contributed by atoms with Gasteiger partial charge in [0.25, 0.3) is 5.91 Å². The lowest BCUT2D eigenvalue weighted by atomic mass is 10.1. The quantitative estimate of drug-likeness (QED) is 0.484. The van der Waals surface area contributed by atoms with E-state index < -0.39 is 11.7 Å². The fourth-order valence-electron chi connectivity index (χ4n) is 3.49. The van der Waals surface area contributed by atoms with Crippen LogP contribution in [0.25, 0.3) is 22.3 Å². The molecule has 0 spiro atoms. The molecule has 7 heteroatoms. The number of aromatic amines is 1. The number of hydrogen-bond donors (Lipinski definition) is 2. The first-order chi connectivity index (χ1) is 13.5. The number of hydrogen-bond acceptors (Lipinski definition) is 2. The summed E-state index contributed by atoms with van der Waals surface area (Å²) in [5.41, 5.74) is 4.39. The summed E-state index contributed by atoms with van der Waals surface area (Å²) in [6.07, 6.45) is 0. The van der Waals surface area contributed by atoms with Gasteiger partial charge in [-0.25, -0.2) is 4.39 Å². The zero-order chi connectivity index (χ0) is 19.8. The van der Waals surface area contributed by atoms with Gasteiger partial charge in [0, 0.05) is 29.1 Å². The number of H-pyrrole nitrogens is 1. The van der Waals surface area contributed by atoms with Crippen LogP contribution in [0.15, 0.2) is 48.5 Å². The third-order valence-corrected chi connectivity index (χ3v) is 5.09. The first-order valence-electron chi connectivity index (χ1n) is 8.89. The van der Waals surface area contributed by atoms with Crippen LogP contribution in [0.3, 0.4) is 0 Å². The van der Waals surface area contributed by atoms with Crippen molar-refractivity contribution in [2.45, 2.75) is 20.4 Å². The molecule has 0 fully saturated rings. The smallest absolute Gasteiger partial charge is 0.256 e. The number of carbonyl (C=O) groups is 1. The van der Waals surface area contributed by atoms with Crippen LogP contribution in [0.5, 0.6) is 0 Å². The number of nitrogens with zero attached hydrogens (tertiary/aromatic N) is 2. The Labute approximate surface area is 166 Å². The molecular formula is C21H18ClFN4O. The maximum Gasteiger partial charge on any atom is 0.256 e. The van der Waals surface area contributed by atoms with Gasteiger partial charge in [-0.3, -0.25) is 9.89 Å². The second-order valence-electron chi connectivity index (χ2n) is 6.48. The van der Waals surface area contributed by atoms with Crippen LogP contribution in [0.1, 0.15) is 22.8 Å². The Morgan fingerprint density at radius 3 is 2.79 bits per heavy atom. The third-order valence-electron chi connectivity index (χ3n) is 4.80. The number of aromatic nitrogens is 3. The van der Waals surface area contributed by atoms with Crippen molar-refractivity contribution in [3.05, 3.63) is 70.5 Å². The number of anilines is 1. The number of rotatable bonds is 4. The van der Waals surface area contributed by atoms with Crippen molar-refractivity contribution in [3.63, 3.8) is 0 Å². The molecule has 0 saturated carbocycles. The Morgan fingerprint density at radius 2 is 2.04 bits per heavy atom. The molecule has 0 aliphatic heterocycles. The normalized spacial score (nSPS) is 11.1. The second kappa shape index (κ2) is 7.13. The number of aryl methyl sites for hydroxylation is 2. The summed E-state index contributed by atoms with van der Waals surface area (Å²) in [6, 6.07) is 13.8. The molecule has 1 amide bonds. The van der Waals surface area contributed by atoms with E-state index >= 15 is 0 Å². The van der Waals surface area contributed by atoms with Crippen LogP contribution in [0, 0.1) is 12.7 Å². The molecule has 0 aliphatic carbocycles. The highest BCUT2D eigenvalue weighted by Gasteiger charge is 2.17. The van der Waals surface area contributed by atoms with E-state index in [2.05, 4.69) is 46.1 Å². The van der Waals surface area contributed by atoms with Crippen LogP contribution < -0.4 is 5.32 Å². The minimum absolute atomic E-state index is 0.0987. The average molecular weight is 397 g/mol. The molecule has 0 unspecified atom stereocenters. The molecule has 28 heavy (non-hydrogen) atoms. The van der Waals surface area contributed by atoms with Crippen molar-refractivity contribution >= 4 is 34.2 Å². The Balaban J connectivity index is 1.67. The Bertz CT molecular complexity index is 1190. The molecule has 2 aromatic carbocycles. The van der Waals surface area contributed by atoms with E-state index in [1.807, 2.05) is 12.1 Å². The molecule has 0 bridgehead atoms. The molecule has 2 aromatic heterocycles. The largest absolute Gasteiger partial charge is 0.339 e. The van der Waals surface area contributed by atoms with Gasteiger partial charge in [-0.1, -0.05) is 29.8 Å². The monoisotopic (exact) mass is 396 g/mol. The van der Waals surface area contributed by atoms with E-state index in [-0.39, 0.29) is 10.6 Å². The zero-order valence-electron chi connectivity index (χ0n) is 15.4. The molecule has 2 heterocycles. The summed E-state index contributed by atoms with van der Waals surface area (Å²) in [5.74, 6) is -0.594. The summed E-state index contributed by atoms with van der Waals surface area (Å²) in [6.45, 7) is 4.97. The van der Waals surface area contributed by atoms with Crippen molar-refractivity contribution < 1.29 is 9.18 Å². The van der Waals surface area contributed by atoms with Crippen LogP contribution >= 0.6 is 11.6 Å². The van der Waals surface area contributed by atoms with E-state index in [1.54, 1.807) is 6.07 Å². The van der Waals surface area contributed by atoms with Crippen molar-refractivity contribution in [2.24, 2.45) is 0 Å². The first kappa shape index (κ1) is 18.3. The van der Waals surface area contributed by atoms with Crippen LogP contribution in [0.2, 0.25) is 5.02 Å². The number of fused-ring (bicyclic) bond motifs is 1. The first-order valence-corrected chi connectivity index (χ1v) is 9.27. The maximum absolute atomic E-state index is 13.3. The van der Waals surface area contributed by atoms with E-state index in [1.165, 1.54) is 17.5 Å². The molecule has 4 aromatic rings. The van der Waals surface area contributed by atoms with Gasteiger partial charge in [0.05, 0.1) is 16.4 Å². The minimum Gasteiger partial charge on any atom is -0.339 e. The van der Waals surface area contributed by atoms with Gasteiger partial charge in [0.1, 0.15) is 5.82 Å². The fourth-order valence-corrected chi connectivity index (χ4v) is 3.67. The summed E-state index contributed by atoms with van der Waals surface area (Å²) in [7, 11) is 0. The zero-order valence-corrected chi connectivity index (χ0v) is 16.1. The molecule has 0 saturated heterocycles. The maximum atomic E-state index is 13.3. The molecule has 0 radical (unpaired) electrons. The lowest BCUT2D eigenvalue weighted by Gasteiger charge is -2.06. The number of nitrogens with one attached hydrogen (secondary N) is 2. The van der Waals surface area contributed by atoms with Gasteiger partial charge >= 0.3 is 0 Å². The Morgan fingerprint density at radius 1 is 1.25 bits per heavy atom. The minimum atomic E-state index is -0.567. The lowest BCUT2D eigenvalue weighted by Crippen LogP contribution is -2.12. The highest BCUT2D eigenvalue weighted by Crippen LogP contribution is 2.33. The standard InChI is InChI=1S/C21H18ClFN4O/c1-3-27-18-7-5-4-6-14(18)12(2)20(27)17-11-19(26-25-17)24-21(28)13-8-9-16(23)15(22)10-13/h4-11H,3H2,1-2H3,(H2,24,25,26,28). The summed E-state index contributed by atoms with van der Waals surface area (Å²) < 4.78 is 15.5. The van der Waals surface area contributed by atoms with Crippen LogP contribution in [-0.2, 0) is 6.54 Å². The Kier molecular flexibility index (Phi) is 4.65. The second-order valence-corrected chi connectivity index (χ2v) is 6.89. The SMILES string of the molecule is CCn1c(-c2cc(NC(=O)c3ccc(F)c(Cl)c3)n[nH]2)c(C)c2ccccc21. The average Bonchev–Trinajstić information content (AvgIpc) is 3.26. The van der Waals surface area contributed by atoms with Crippen molar-refractivity contribution in [2.75, 3.05) is 5.32 Å². The number of amides is 1. The molecule has 142 valence electrons. The number of carbonyl (C=O) groups excluding carboxylic acids is 1. The van der Waals surface area contributed by atoms with E-state index in [4.69, 9.17) is 11.6 Å². The lowest BCUT2D eigenvalue weighted by molar-refractivity contribution is 0.102. The molecule has 0 aliphatic rings. The van der Waals surface area contributed by atoms with Crippen LogP contribution in [0.4, 0.5) is 10.2 Å². The van der Waals surface area contributed by atoms with Crippen molar-refractivity contribution in [1.82, 2.24) is 14.8 Å². The van der Waals surface area contributed by atoms with Gasteiger partial charge in [-0.15, -0.1) is 0 Å². The Hall–Kier alpha value is -3.12. The van der Waals surface area contributed by atoms with Gasteiger partial charge in [-0.2, -0.15) is 5.10 Å². The van der Waals surface area contributed by atoms with Gasteiger partial charge in [-0.05, 0) is 43.7 Å². The van der Waals surface area contributed by atoms with Crippen LogP contribution in [-0.4, -0.2) is 20.7 Å². The number of halogens is 2. The highest BCUT2D eigenvalue weighted by atomic mass is 35.5. The van der Waals surface area contributed by atoms with E-state index in [9.17, 15) is 9.18 Å². The fraction of sp³-hybridized carbons (Fsp3) is 0.143. The number of benzene rings is 2. The highest BCUT2D eigenvalue weighted by molar-refractivity contribution is 6.31. The summed E-state index contributed by atoms with van der Waals surface area (Å²) in [5, 5.41) is 11.0. The van der Waals surface area contributed by atoms with Gasteiger partial charge in [0.15, 0.2) is 5.82 Å². The summed E-state index contributed by atoms with van der Waals surface area (Å²) >= 11 is 5.75. The topological polar surface area (TPSA) is 62.7 Å². The van der Waals surface area contributed by atoms with Gasteiger partial charge < -0.3 is 9.88 Å². The van der Waals surface area contributed by atoms with Crippen molar-refractivity contribution in [3.8, 4) is 11.4 Å². The predicted molar refractivity (Wildman–Crippen MR) is 109 cm³/mol. The molecule has 4 rings (SSSR count). The number of para-hydroxylation sites is 1. The summed E-state index contributed by atoms with van der Waals surface area (Å²) in [4.78, 5) is 12.4. The van der Waals surface area contributed by atoms with Gasteiger partial charge in [0.2, 0.25) is 0 Å². The molecule has 2 N–H and O–H groups in total. The predicted octanol–water partition coefficient (Wildman–Crippen LogP) is 5.40. The molecule has 0 atom stereocenters. The van der Waals surface area contributed by atoms with E-state index in [0.29, 0.717) is 5.82 Å². The molecule has 5 nitrogen and oxygen atoms in total. The van der Waals surface area contributed by atoms with E-state index in [0.717, 1.165) is 35.1 Å². The van der Waals surface area contributed by atoms with Crippen molar-refractivity contribution in [1.29, 1.82) is 0 Å². The molecular weight excluding hydrogens is 379 g/mol. The third kappa shape index (κ3) is 3.05.